The highest BCUT2D eigenvalue weighted by molar-refractivity contribution is 7.89. The second-order valence-electron chi connectivity index (χ2n) is 8.15. The van der Waals surface area contributed by atoms with E-state index in [1.54, 1.807) is 24.4 Å². The molecule has 34 heavy (non-hydrogen) atoms. The van der Waals surface area contributed by atoms with Gasteiger partial charge in [-0.05, 0) is 50.2 Å². The zero-order valence-corrected chi connectivity index (χ0v) is 19.8. The van der Waals surface area contributed by atoms with E-state index in [1.807, 2.05) is 54.8 Å². The van der Waals surface area contributed by atoms with E-state index in [4.69, 9.17) is 4.74 Å². The number of para-hydroxylation sites is 2. The van der Waals surface area contributed by atoms with Gasteiger partial charge in [0, 0.05) is 35.7 Å². The van der Waals surface area contributed by atoms with E-state index in [0.717, 1.165) is 33.7 Å². The normalized spacial score (nSPS) is 15.4. The molecule has 1 aliphatic heterocycles. The molecule has 0 atom stereocenters. The molecule has 0 unspecified atom stereocenters. The molecule has 4 aromatic rings. The maximum atomic E-state index is 13.1. The van der Waals surface area contributed by atoms with E-state index in [2.05, 4.69) is 20.5 Å². The third kappa shape index (κ3) is 4.23. The lowest BCUT2D eigenvalue weighted by Gasteiger charge is -2.26. The zero-order valence-electron chi connectivity index (χ0n) is 19.0. The molecule has 1 aliphatic rings. The second kappa shape index (κ2) is 9.05. The van der Waals surface area contributed by atoms with Crippen LogP contribution in [-0.2, 0) is 14.8 Å². The number of aromatic amines is 1. The van der Waals surface area contributed by atoms with Crippen LogP contribution in [0.3, 0.4) is 0 Å². The van der Waals surface area contributed by atoms with Crippen LogP contribution in [0.25, 0.3) is 16.7 Å². The van der Waals surface area contributed by atoms with Crippen molar-refractivity contribution >= 4 is 33.2 Å². The molecule has 2 N–H and O–H groups in total. The number of benzene rings is 2. The molecule has 0 spiro atoms. The summed E-state index contributed by atoms with van der Waals surface area (Å²) in [6, 6.07) is 16.8. The Morgan fingerprint density at radius 3 is 2.68 bits per heavy atom. The maximum Gasteiger partial charge on any atom is 0.243 e. The fourth-order valence-electron chi connectivity index (χ4n) is 4.20. The first-order chi connectivity index (χ1) is 16.4. The van der Waals surface area contributed by atoms with Crippen LogP contribution in [0.15, 0.2) is 64.6 Å². The lowest BCUT2D eigenvalue weighted by Crippen LogP contribution is -2.40. The van der Waals surface area contributed by atoms with Crippen LogP contribution in [0, 0.1) is 13.8 Å². The molecular weight excluding hydrogens is 452 g/mol. The molecule has 0 bridgehead atoms. The number of anilines is 1. The first kappa shape index (κ1) is 22.3. The van der Waals surface area contributed by atoms with Crippen LogP contribution in [0.1, 0.15) is 17.0 Å². The standard InChI is InChI=1S/C24H26N6O3S/c1-17-14-19(16-25-28-24-26-22-8-3-4-9-23(22)27-24)18(2)30(17)20-6-5-7-21(15-20)34(31,32)29-10-12-33-13-11-29/h3-9,14-16H,10-13H2,1-2H3,(H2,26,27,28). The molecular formula is C24H26N6O3S. The third-order valence-corrected chi connectivity index (χ3v) is 7.81. The summed E-state index contributed by atoms with van der Waals surface area (Å²) in [5.41, 5.74) is 8.38. The Kier molecular flexibility index (Phi) is 5.94. The summed E-state index contributed by atoms with van der Waals surface area (Å²) >= 11 is 0. The minimum atomic E-state index is -3.57. The average molecular weight is 479 g/mol. The SMILES string of the molecule is Cc1cc(C=NNc2nc3ccccc3[nH]2)c(C)n1-c1cccc(S(=O)(=O)N2CCOCC2)c1. The van der Waals surface area contributed by atoms with E-state index < -0.39 is 10.0 Å². The van der Waals surface area contributed by atoms with Gasteiger partial charge in [-0.15, -0.1) is 0 Å². The zero-order chi connectivity index (χ0) is 23.7. The minimum Gasteiger partial charge on any atom is -0.379 e. The molecule has 0 radical (unpaired) electrons. The number of rotatable bonds is 6. The van der Waals surface area contributed by atoms with Crippen LogP contribution in [-0.4, -0.2) is 59.8 Å². The van der Waals surface area contributed by atoms with Gasteiger partial charge in [-0.3, -0.25) is 0 Å². The van der Waals surface area contributed by atoms with Gasteiger partial charge in [-0.1, -0.05) is 18.2 Å². The van der Waals surface area contributed by atoms with Gasteiger partial charge in [0.2, 0.25) is 16.0 Å². The summed E-state index contributed by atoms with van der Waals surface area (Å²) in [6.07, 6.45) is 1.74. The number of hydrogen-bond donors (Lipinski definition) is 2. The number of imidazole rings is 1. The number of sulfonamides is 1. The predicted molar refractivity (Wildman–Crippen MR) is 132 cm³/mol. The van der Waals surface area contributed by atoms with Crippen molar-refractivity contribution in [2.75, 3.05) is 31.7 Å². The maximum absolute atomic E-state index is 13.1. The number of fused-ring (bicyclic) bond motifs is 1. The second-order valence-corrected chi connectivity index (χ2v) is 10.1. The average Bonchev–Trinajstić information content (AvgIpc) is 3.39. The molecule has 0 saturated carbocycles. The van der Waals surface area contributed by atoms with Gasteiger partial charge in [-0.2, -0.15) is 9.41 Å². The molecule has 10 heteroatoms. The van der Waals surface area contributed by atoms with Gasteiger partial charge >= 0.3 is 0 Å². The number of ether oxygens (including phenoxy) is 1. The fourth-order valence-corrected chi connectivity index (χ4v) is 5.65. The number of H-pyrrole nitrogens is 1. The number of hydrogen-bond acceptors (Lipinski definition) is 6. The van der Waals surface area contributed by atoms with E-state index in [1.165, 1.54) is 4.31 Å². The van der Waals surface area contributed by atoms with Crippen molar-refractivity contribution in [2.24, 2.45) is 5.10 Å². The Bertz CT molecular complexity index is 1430. The monoisotopic (exact) mass is 478 g/mol. The van der Waals surface area contributed by atoms with Gasteiger partial charge < -0.3 is 14.3 Å². The predicted octanol–water partition coefficient (Wildman–Crippen LogP) is 3.44. The van der Waals surface area contributed by atoms with Crippen molar-refractivity contribution in [3.63, 3.8) is 0 Å². The van der Waals surface area contributed by atoms with Crippen LogP contribution in [0.5, 0.6) is 0 Å². The lowest BCUT2D eigenvalue weighted by atomic mass is 10.2. The number of aromatic nitrogens is 3. The van der Waals surface area contributed by atoms with Crippen molar-refractivity contribution in [1.29, 1.82) is 0 Å². The molecule has 9 nitrogen and oxygen atoms in total. The van der Waals surface area contributed by atoms with Crippen LogP contribution >= 0.6 is 0 Å². The van der Waals surface area contributed by atoms with Gasteiger partial charge in [0.25, 0.3) is 0 Å². The van der Waals surface area contributed by atoms with Gasteiger partial charge in [0.15, 0.2) is 0 Å². The molecule has 2 aromatic carbocycles. The minimum absolute atomic E-state index is 0.279. The molecule has 5 rings (SSSR count). The Balaban J connectivity index is 1.39. The van der Waals surface area contributed by atoms with Gasteiger partial charge in [0.05, 0.1) is 35.4 Å². The summed E-state index contributed by atoms with van der Waals surface area (Å²) in [5.74, 6) is 0.562. The number of morpholine rings is 1. The summed E-state index contributed by atoms with van der Waals surface area (Å²) < 4.78 is 35.0. The first-order valence-corrected chi connectivity index (χ1v) is 12.5. The molecule has 2 aromatic heterocycles. The van der Waals surface area contributed by atoms with Gasteiger partial charge in [-0.25, -0.2) is 18.8 Å². The van der Waals surface area contributed by atoms with Crippen molar-refractivity contribution in [3.05, 3.63) is 71.5 Å². The number of aryl methyl sites for hydroxylation is 1. The molecule has 0 aliphatic carbocycles. The summed E-state index contributed by atoms with van der Waals surface area (Å²) in [5, 5.41) is 4.34. The molecule has 0 amide bonds. The highest BCUT2D eigenvalue weighted by Gasteiger charge is 2.26. The lowest BCUT2D eigenvalue weighted by molar-refractivity contribution is 0.0730. The first-order valence-electron chi connectivity index (χ1n) is 11.0. The molecule has 1 saturated heterocycles. The third-order valence-electron chi connectivity index (χ3n) is 5.92. The van der Waals surface area contributed by atoms with Crippen molar-refractivity contribution < 1.29 is 13.2 Å². The number of hydrazone groups is 1. The summed E-state index contributed by atoms with van der Waals surface area (Å²) in [7, 11) is -3.57. The van der Waals surface area contributed by atoms with E-state index in [0.29, 0.717) is 32.3 Å². The number of nitrogens with one attached hydrogen (secondary N) is 2. The Labute approximate surface area is 198 Å². The smallest absolute Gasteiger partial charge is 0.243 e. The topological polar surface area (TPSA) is 105 Å². The van der Waals surface area contributed by atoms with Crippen molar-refractivity contribution in [3.8, 4) is 5.69 Å². The van der Waals surface area contributed by atoms with Crippen LogP contribution in [0.4, 0.5) is 5.95 Å². The Morgan fingerprint density at radius 1 is 1.09 bits per heavy atom. The molecule has 3 heterocycles. The van der Waals surface area contributed by atoms with Crippen LogP contribution in [0.2, 0.25) is 0 Å². The molecule has 1 fully saturated rings. The Hall–Kier alpha value is -3.47. The Morgan fingerprint density at radius 2 is 1.88 bits per heavy atom. The van der Waals surface area contributed by atoms with Crippen molar-refractivity contribution in [2.45, 2.75) is 18.7 Å². The van der Waals surface area contributed by atoms with E-state index >= 15 is 0 Å². The van der Waals surface area contributed by atoms with Crippen LogP contribution < -0.4 is 5.43 Å². The largest absolute Gasteiger partial charge is 0.379 e. The van der Waals surface area contributed by atoms with E-state index in [-0.39, 0.29) is 4.90 Å². The summed E-state index contributed by atoms with van der Waals surface area (Å²) in [4.78, 5) is 7.91. The van der Waals surface area contributed by atoms with E-state index in [9.17, 15) is 8.42 Å². The number of nitrogens with zero attached hydrogens (tertiary/aromatic N) is 4. The highest BCUT2D eigenvalue weighted by atomic mass is 32.2. The molecule has 176 valence electrons. The fraction of sp³-hybridized carbons (Fsp3) is 0.250. The van der Waals surface area contributed by atoms with Crippen molar-refractivity contribution in [1.82, 2.24) is 18.8 Å². The highest BCUT2D eigenvalue weighted by Crippen LogP contribution is 2.24. The van der Waals surface area contributed by atoms with Gasteiger partial charge in [0.1, 0.15) is 0 Å². The quantitative estimate of drug-likeness (QED) is 0.326. The summed E-state index contributed by atoms with van der Waals surface area (Å²) in [6.45, 7) is 5.54.